The SMILES string of the molecule is CCOC(=O)c1ccc(-c2ncc(OC)c3c2NCC3C(=O)C(=O)N2CCC(=C(C#N)c3ccccc3)CC2)cc1. The van der Waals surface area contributed by atoms with Gasteiger partial charge < -0.3 is 19.7 Å². The monoisotopic (exact) mass is 550 g/mol. The number of likely N-dealkylation sites (tertiary alicyclic amines) is 1. The number of hydrogen-bond donors (Lipinski definition) is 1. The summed E-state index contributed by atoms with van der Waals surface area (Å²) >= 11 is 0. The number of benzene rings is 2. The lowest BCUT2D eigenvalue weighted by molar-refractivity contribution is -0.145. The quantitative estimate of drug-likeness (QED) is 0.257. The zero-order valence-corrected chi connectivity index (χ0v) is 23.0. The van der Waals surface area contributed by atoms with Gasteiger partial charge >= 0.3 is 5.97 Å². The van der Waals surface area contributed by atoms with Gasteiger partial charge in [-0.2, -0.15) is 5.26 Å². The van der Waals surface area contributed by atoms with Crippen LogP contribution in [0.1, 0.15) is 47.2 Å². The van der Waals surface area contributed by atoms with E-state index >= 15 is 0 Å². The first-order valence-electron chi connectivity index (χ1n) is 13.6. The van der Waals surface area contributed by atoms with E-state index in [0.717, 1.165) is 16.7 Å². The minimum atomic E-state index is -0.732. The van der Waals surface area contributed by atoms with Crippen molar-refractivity contribution in [3.8, 4) is 23.1 Å². The summed E-state index contributed by atoms with van der Waals surface area (Å²) in [4.78, 5) is 45.1. The fourth-order valence-corrected chi connectivity index (χ4v) is 5.41. The lowest BCUT2D eigenvalue weighted by Crippen LogP contribution is -2.42. The Morgan fingerprint density at radius 2 is 1.76 bits per heavy atom. The van der Waals surface area contributed by atoms with Crippen LogP contribution in [0.3, 0.4) is 0 Å². The molecule has 41 heavy (non-hydrogen) atoms. The molecule has 1 fully saturated rings. The number of allylic oxidation sites excluding steroid dienone is 1. The maximum absolute atomic E-state index is 13.6. The Labute approximate surface area is 238 Å². The molecule has 0 saturated carbocycles. The number of pyridine rings is 1. The predicted octanol–water partition coefficient (Wildman–Crippen LogP) is 4.61. The summed E-state index contributed by atoms with van der Waals surface area (Å²) in [6, 6.07) is 18.7. The van der Waals surface area contributed by atoms with Gasteiger partial charge in [0.05, 0.1) is 54.4 Å². The number of nitriles is 1. The summed E-state index contributed by atoms with van der Waals surface area (Å²) in [6.07, 6.45) is 2.63. The Balaban J connectivity index is 1.35. The van der Waals surface area contributed by atoms with E-state index < -0.39 is 23.6 Å². The number of anilines is 1. The van der Waals surface area contributed by atoms with E-state index in [1.165, 1.54) is 7.11 Å². The lowest BCUT2D eigenvalue weighted by Gasteiger charge is -2.29. The van der Waals surface area contributed by atoms with E-state index in [0.29, 0.717) is 59.8 Å². The summed E-state index contributed by atoms with van der Waals surface area (Å²) in [7, 11) is 1.50. The number of esters is 1. The van der Waals surface area contributed by atoms with Gasteiger partial charge in [-0.3, -0.25) is 14.6 Å². The van der Waals surface area contributed by atoms with Crippen molar-refractivity contribution in [1.82, 2.24) is 9.88 Å². The number of carbonyl (C=O) groups is 3. The summed E-state index contributed by atoms with van der Waals surface area (Å²) in [6.45, 7) is 3.02. The number of nitrogens with zero attached hydrogens (tertiary/aromatic N) is 3. The van der Waals surface area contributed by atoms with E-state index in [-0.39, 0.29) is 13.2 Å². The zero-order chi connectivity index (χ0) is 28.9. The Hall–Kier alpha value is -4.97. The maximum atomic E-state index is 13.6. The number of carbonyl (C=O) groups excluding carboxylic acids is 3. The van der Waals surface area contributed by atoms with Gasteiger partial charge in [-0.15, -0.1) is 0 Å². The van der Waals surface area contributed by atoms with Crippen LogP contribution in [0.5, 0.6) is 5.75 Å². The van der Waals surface area contributed by atoms with Crippen LogP contribution >= 0.6 is 0 Å². The van der Waals surface area contributed by atoms with Gasteiger partial charge in [0.25, 0.3) is 5.91 Å². The molecule has 2 aliphatic heterocycles. The standard InChI is InChI=1S/C32H30N4O5/c1-3-41-32(39)23-11-9-22(10-12-23)28-29-27(26(40-2)19-35-28)25(18-34-29)30(37)31(38)36-15-13-21(14-16-36)24(17-33)20-7-5-4-6-8-20/h4-12,19,25,34H,3,13-16,18H2,1-2H3. The van der Waals surface area contributed by atoms with E-state index in [1.807, 2.05) is 30.3 Å². The number of aromatic nitrogens is 1. The summed E-state index contributed by atoms with van der Waals surface area (Å²) in [5.41, 5.74) is 5.48. The first kappa shape index (κ1) is 27.6. The molecule has 3 aromatic rings. The predicted molar refractivity (Wildman–Crippen MR) is 153 cm³/mol. The van der Waals surface area contributed by atoms with Gasteiger partial charge in [0.2, 0.25) is 5.78 Å². The summed E-state index contributed by atoms with van der Waals surface area (Å²) in [5, 5.41) is 13.0. The van der Waals surface area contributed by atoms with Crippen molar-refractivity contribution >= 4 is 28.9 Å². The van der Waals surface area contributed by atoms with Crippen molar-refractivity contribution in [3.63, 3.8) is 0 Å². The number of nitrogens with one attached hydrogen (secondary N) is 1. The molecule has 0 spiro atoms. The highest BCUT2D eigenvalue weighted by Gasteiger charge is 2.39. The van der Waals surface area contributed by atoms with Crippen LogP contribution in [-0.2, 0) is 14.3 Å². The van der Waals surface area contributed by atoms with Crippen molar-refractivity contribution in [2.24, 2.45) is 0 Å². The minimum absolute atomic E-state index is 0.238. The largest absolute Gasteiger partial charge is 0.495 e. The van der Waals surface area contributed by atoms with Crippen molar-refractivity contribution in [2.75, 3.05) is 38.7 Å². The topological polar surface area (TPSA) is 122 Å². The van der Waals surface area contributed by atoms with Crippen LogP contribution in [0.4, 0.5) is 5.69 Å². The van der Waals surface area contributed by atoms with Crippen LogP contribution in [-0.4, -0.2) is 60.9 Å². The molecule has 1 N–H and O–H groups in total. The van der Waals surface area contributed by atoms with Gasteiger partial charge in [-0.25, -0.2) is 4.79 Å². The zero-order valence-electron chi connectivity index (χ0n) is 23.0. The van der Waals surface area contributed by atoms with E-state index in [9.17, 15) is 19.6 Å². The normalized spacial score (nSPS) is 15.8. The molecule has 1 amide bonds. The molecule has 5 rings (SSSR count). The Morgan fingerprint density at radius 3 is 2.39 bits per heavy atom. The molecule has 0 bridgehead atoms. The molecular formula is C32H30N4O5. The van der Waals surface area contributed by atoms with Crippen LogP contribution in [0.15, 0.2) is 66.4 Å². The molecule has 208 valence electrons. The number of ketones is 1. The van der Waals surface area contributed by atoms with Crippen molar-refractivity contribution in [2.45, 2.75) is 25.7 Å². The average molecular weight is 551 g/mol. The second-order valence-corrected chi connectivity index (χ2v) is 9.81. The second-order valence-electron chi connectivity index (χ2n) is 9.81. The van der Waals surface area contributed by atoms with Gasteiger partial charge in [-0.1, -0.05) is 42.5 Å². The average Bonchev–Trinajstić information content (AvgIpc) is 3.47. The fraction of sp³-hybridized carbons (Fsp3) is 0.281. The molecule has 2 aliphatic rings. The highest BCUT2D eigenvalue weighted by Crippen LogP contribution is 2.44. The molecule has 1 unspecified atom stereocenters. The summed E-state index contributed by atoms with van der Waals surface area (Å²) < 4.78 is 10.6. The number of ether oxygens (including phenoxy) is 2. The molecule has 1 atom stereocenters. The number of amides is 1. The number of fused-ring (bicyclic) bond motifs is 1. The Bertz CT molecular complexity index is 1550. The van der Waals surface area contributed by atoms with Gasteiger partial charge in [0.15, 0.2) is 0 Å². The van der Waals surface area contributed by atoms with Gasteiger partial charge in [-0.05, 0) is 43.0 Å². The Kier molecular flexibility index (Phi) is 8.11. The van der Waals surface area contributed by atoms with Crippen LogP contribution in [0.25, 0.3) is 16.8 Å². The number of Topliss-reactive ketones (excluding diaryl/α,β-unsaturated/α-hetero) is 1. The molecule has 3 heterocycles. The molecule has 1 saturated heterocycles. The van der Waals surface area contributed by atoms with E-state index in [1.54, 1.807) is 42.3 Å². The smallest absolute Gasteiger partial charge is 0.338 e. The van der Waals surface area contributed by atoms with E-state index in [2.05, 4.69) is 16.4 Å². The maximum Gasteiger partial charge on any atom is 0.338 e. The Morgan fingerprint density at radius 1 is 1.05 bits per heavy atom. The number of methoxy groups -OCH3 is 1. The highest BCUT2D eigenvalue weighted by molar-refractivity contribution is 6.38. The number of hydrogen-bond acceptors (Lipinski definition) is 8. The second kappa shape index (κ2) is 12.0. The van der Waals surface area contributed by atoms with Crippen molar-refractivity contribution < 1.29 is 23.9 Å². The number of piperidine rings is 1. The number of rotatable bonds is 7. The third kappa shape index (κ3) is 5.41. The molecule has 1 aromatic heterocycles. The van der Waals surface area contributed by atoms with Crippen molar-refractivity contribution in [1.29, 1.82) is 5.26 Å². The third-order valence-corrected chi connectivity index (χ3v) is 7.51. The highest BCUT2D eigenvalue weighted by atomic mass is 16.5. The third-order valence-electron chi connectivity index (χ3n) is 7.51. The van der Waals surface area contributed by atoms with Gasteiger partial charge in [0.1, 0.15) is 5.75 Å². The summed E-state index contributed by atoms with van der Waals surface area (Å²) in [5.74, 6) is -1.77. The first-order chi connectivity index (χ1) is 20.0. The molecular weight excluding hydrogens is 520 g/mol. The molecule has 0 aliphatic carbocycles. The molecule has 2 aromatic carbocycles. The van der Waals surface area contributed by atoms with Gasteiger partial charge in [0, 0.05) is 30.8 Å². The van der Waals surface area contributed by atoms with Crippen molar-refractivity contribution in [3.05, 3.63) is 83.1 Å². The molecule has 0 radical (unpaired) electrons. The van der Waals surface area contributed by atoms with Crippen LogP contribution < -0.4 is 10.1 Å². The van der Waals surface area contributed by atoms with E-state index in [4.69, 9.17) is 9.47 Å². The minimum Gasteiger partial charge on any atom is -0.495 e. The first-order valence-corrected chi connectivity index (χ1v) is 13.6. The molecule has 9 heteroatoms. The van der Waals surface area contributed by atoms with Crippen LogP contribution in [0.2, 0.25) is 0 Å². The van der Waals surface area contributed by atoms with Crippen LogP contribution in [0, 0.1) is 11.3 Å². The lowest BCUT2D eigenvalue weighted by atomic mass is 9.92. The molecule has 9 nitrogen and oxygen atoms in total. The fourth-order valence-electron chi connectivity index (χ4n) is 5.41.